The molecule has 4 aromatic rings. The van der Waals surface area contributed by atoms with Gasteiger partial charge in [0.25, 0.3) is 0 Å². The summed E-state index contributed by atoms with van der Waals surface area (Å²) in [7, 11) is 0. The molecule has 5 rings (SSSR count). The molecule has 142 valence electrons. The molecule has 1 fully saturated rings. The van der Waals surface area contributed by atoms with Crippen molar-refractivity contribution in [3.05, 3.63) is 64.2 Å². The minimum Gasteiger partial charge on any atom is -0.493 e. The summed E-state index contributed by atoms with van der Waals surface area (Å²) in [6, 6.07) is 12.0. The molecule has 7 nitrogen and oxygen atoms in total. The van der Waals surface area contributed by atoms with Crippen LogP contribution in [0.3, 0.4) is 0 Å². The Morgan fingerprint density at radius 3 is 2.64 bits per heavy atom. The highest BCUT2D eigenvalue weighted by atomic mass is 35.5. The van der Waals surface area contributed by atoms with Crippen molar-refractivity contribution in [1.29, 1.82) is 0 Å². The lowest BCUT2D eigenvalue weighted by molar-refractivity contribution is 0.455. The molecule has 2 heterocycles. The maximum Gasteiger partial charge on any atom is 0.328 e. The van der Waals surface area contributed by atoms with E-state index in [2.05, 4.69) is 20.4 Å². The first-order valence-corrected chi connectivity index (χ1v) is 9.59. The van der Waals surface area contributed by atoms with Crippen LogP contribution in [0.25, 0.3) is 22.2 Å². The third-order valence-electron chi connectivity index (χ3n) is 5.23. The molecule has 1 atom stereocenters. The van der Waals surface area contributed by atoms with Gasteiger partial charge in [-0.2, -0.15) is 15.4 Å². The molecule has 2 aromatic carbocycles. The number of H-pyrrole nitrogens is 2. The van der Waals surface area contributed by atoms with E-state index in [9.17, 15) is 9.90 Å². The Labute approximate surface area is 165 Å². The van der Waals surface area contributed by atoms with Crippen molar-refractivity contribution >= 4 is 22.6 Å². The molecule has 1 aliphatic rings. The molecule has 0 radical (unpaired) electrons. The number of nitrogens with one attached hydrogen (secondary N) is 2. The van der Waals surface area contributed by atoms with E-state index < -0.39 is 0 Å². The molecule has 3 N–H and O–H groups in total. The second-order valence-electron chi connectivity index (χ2n) is 7.23. The van der Waals surface area contributed by atoms with E-state index in [0.29, 0.717) is 12.5 Å². The summed E-state index contributed by atoms with van der Waals surface area (Å²) in [5.41, 5.74) is 5.37. The van der Waals surface area contributed by atoms with Crippen LogP contribution in [0.2, 0.25) is 0 Å². The quantitative estimate of drug-likeness (QED) is 0.450. The normalized spacial score (nSPS) is 15.2. The molecule has 0 amide bonds. The van der Waals surface area contributed by atoms with E-state index in [1.807, 2.05) is 36.4 Å². The monoisotopic (exact) mass is 395 g/mol. The summed E-state index contributed by atoms with van der Waals surface area (Å²) < 4.78 is 1.43. The maximum absolute atomic E-state index is 11.7. The third kappa shape index (κ3) is 2.97. The van der Waals surface area contributed by atoms with E-state index >= 15 is 0 Å². The molecule has 8 heteroatoms. The summed E-state index contributed by atoms with van der Waals surface area (Å²) in [5.74, 6) is 0.343. The van der Waals surface area contributed by atoms with Gasteiger partial charge < -0.3 is 5.11 Å². The number of rotatable bonds is 5. The van der Waals surface area contributed by atoms with Crippen molar-refractivity contribution < 1.29 is 5.11 Å². The highest BCUT2D eigenvalue weighted by Gasteiger charge is 2.34. The van der Waals surface area contributed by atoms with Crippen LogP contribution < -0.4 is 5.69 Å². The average molecular weight is 396 g/mol. The number of aromatic amines is 2. The Hall–Kier alpha value is -3.06. The van der Waals surface area contributed by atoms with Crippen molar-refractivity contribution in [3.8, 4) is 17.0 Å². The Morgan fingerprint density at radius 2 is 1.96 bits per heavy atom. The van der Waals surface area contributed by atoms with Gasteiger partial charge in [-0.1, -0.05) is 30.3 Å². The molecule has 1 aliphatic carbocycles. The second-order valence-corrected chi connectivity index (χ2v) is 7.70. The van der Waals surface area contributed by atoms with Crippen LogP contribution in [-0.4, -0.2) is 30.1 Å². The van der Waals surface area contributed by atoms with Gasteiger partial charge in [0.1, 0.15) is 11.0 Å². The minimum absolute atomic E-state index is 0.0927. The number of halogens is 1. The number of alkyl halides is 1. The van der Waals surface area contributed by atoms with Crippen molar-refractivity contribution in [2.45, 2.75) is 24.8 Å². The van der Waals surface area contributed by atoms with Crippen LogP contribution in [0, 0.1) is 5.92 Å². The zero-order valence-corrected chi connectivity index (χ0v) is 15.6. The highest BCUT2D eigenvalue weighted by molar-refractivity contribution is 6.22. The summed E-state index contributed by atoms with van der Waals surface area (Å²) in [6.07, 6.45) is 3.67. The van der Waals surface area contributed by atoms with E-state index in [0.717, 1.165) is 46.1 Å². The van der Waals surface area contributed by atoms with Crippen LogP contribution in [-0.2, 0) is 6.54 Å². The fourth-order valence-electron chi connectivity index (χ4n) is 3.61. The lowest BCUT2D eigenvalue weighted by atomic mass is 9.94. The van der Waals surface area contributed by atoms with Gasteiger partial charge in [0.2, 0.25) is 5.88 Å². The molecule has 1 unspecified atom stereocenters. The average Bonchev–Trinajstić information content (AvgIpc) is 3.35. The Kier molecular flexibility index (Phi) is 3.98. The zero-order chi connectivity index (χ0) is 19.3. The molecule has 0 bridgehead atoms. The van der Waals surface area contributed by atoms with Gasteiger partial charge in [0.15, 0.2) is 0 Å². The summed E-state index contributed by atoms with van der Waals surface area (Å²) in [4.78, 5) is 14.1. The summed E-state index contributed by atoms with van der Waals surface area (Å²) in [5, 5.41) is 20.5. The molecular formula is C20H18ClN5O2. The lowest BCUT2D eigenvalue weighted by Crippen LogP contribution is -2.16. The molecule has 0 saturated heterocycles. The molecule has 0 spiro atoms. The number of hydrogen-bond donors (Lipinski definition) is 3. The van der Waals surface area contributed by atoms with E-state index in [-0.39, 0.29) is 16.9 Å². The molecule has 0 aliphatic heterocycles. The van der Waals surface area contributed by atoms with Gasteiger partial charge in [-0.25, -0.2) is 4.79 Å². The molecule has 1 saturated carbocycles. The van der Waals surface area contributed by atoms with Gasteiger partial charge in [-0.15, -0.1) is 11.6 Å². The minimum atomic E-state index is -0.338. The Balaban J connectivity index is 1.52. The van der Waals surface area contributed by atoms with Gasteiger partial charge in [0.05, 0.1) is 18.1 Å². The number of nitrogens with zero attached hydrogens (tertiary/aromatic N) is 3. The number of hydrogen-bond acceptors (Lipinski definition) is 4. The number of benzene rings is 2. The SMILES string of the molecule is O=c1[nH]c(O)cn1Cc1ccc(-c2ccc3n[nH]nc3c2C(Cl)C2CC2)cc1. The number of aromatic hydroxyl groups is 1. The predicted molar refractivity (Wildman–Crippen MR) is 106 cm³/mol. The first-order chi connectivity index (χ1) is 13.6. The molecule has 28 heavy (non-hydrogen) atoms. The second kappa shape index (κ2) is 6.53. The molecular weight excluding hydrogens is 378 g/mol. The number of fused-ring (bicyclic) bond motifs is 1. The Morgan fingerprint density at radius 1 is 1.18 bits per heavy atom. The predicted octanol–water partition coefficient (Wildman–Crippen LogP) is 3.56. The largest absolute Gasteiger partial charge is 0.493 e. The van der Waals surface area contributed by atoms with E-state index in [4.69, 9.17) is 11.6 Å². The maximum atomic E-state index is 11.7. The van der Waals surface area contributed by atoms with Crippen molar-refractivity contribution in [3.63, 3.8) is 0 Å². The topological polar surface area (TPSA) is 99.6 Å². The van der Waals surface area contributed by atoms with Crippen LogP contribution >= 0.6 is 11.6 Å². The van der Waals surface area contributed by atoms with Gasteiger partial charge in [0, 0.05) is 5.56 Å². The van der Waals surface area contributed by atoms with Crippen LogP contribution in [0.1, 0.15) is 29.3 Å². The fourth-order valence-corrected chi connectivity index (χ4v) is 4.09. The summed E-state index contributed by atoms with van der Waals surface area (Å²) >= 11 is 6.81. The van der Waals surface area contributed by atoms with Crippen LogP contribution in [0.5, 0.6) is 5.88 Å². The Bertz CT molecular complexity index is 1200. The van der Waals surface area contributed by atoms with Crippen molar-refractivity contribution in [2.75, 3.05) is 0 Å². The van der Waals surface area contributed by atoms with E-state index in [1.165, 1.54) is 10.8 Å². The van der Waals surface area contributed by atoms with E-state index in [1.54, 1.807) is 0 Å². The highest BCUT2D eigenvalue weighted by Crippen LogP contribution is 2.49. The van der Waals surface area contributed by atoms with Crippen LogP contribution in [0.4, 0.5) is 0 Å². The number of aromatic nitrogens is 5. The lowest BCUT2D eigenvalue weighted by Gasteiger charge is -2.15. The van der Waals surface area contributed by atoms with Gasteiger partial charge in [-0.05, 0) is 41.5 Å². The van der Waals surface area contributed by atoms with Gasteiger partial charge >= 0.3 is 5.69 Å². The van der Waals surface area contributed by atoms with Crippen molar-refractivity contribution in [1.82, 2.24) is 25.0 Å². The third-order valence-corrected chi connectivity index (χ3v) is 5.81. The standard InChI is InChI=1S/C20H18ClN5O2/c21-18(13-5-6-13)17-14(7-8-15-19(17)24-25-23-15)12-3-1-11(2-4-12)9-26-10-16(27)22-20(26)28/h1-4,7-8,10,13,18,27H,5-6,9H2,(H,22,28)(H,23,24,25). The zero-order valence-electron chi connectivity index (χ0n) is 14.9. The van der Waals surface area contributed by atoms with Crippen molar-refractivity contribution in [2.24, 2.45) is 5.92 Å². The summed E-state index contributed by atoms with van der Waals surface area (Å²) in [6.45, 7) is 0.381. The smallest absolute Gasteiger partial charge is 0.328 e. The van der Waals surface area contributed by atoms with Gasteiger partial charge in [-0.3, -0.25) is 9.55 Å². The first kappa shape index (κ1) is 17.1. The van der Waals surface area contributed by atoms with Crippen LogP contribution in [0.15, 0.2) is 47.4 Å². The fraction of sp³-hybridized carbons (Fsp3) is 0.250. The molecule has 2 aromatic heterocycles. The number of imidazole rings is 1. The first-order valence-electron chi connectivity index (χ1n) is 9.15.